The minimum absolute atomic E-state index is 0.145. The highest BCUT2D eigenvalue weighted by atomic mass is 19.2. The third kappa shape index (κ3) is 3.03. The van der Waals surface area contributed by atoms with Gasteiger partial charge in [0.15, 0.2) is 11.6 Å². The van der Waals surface area contributed by atoms with Gasteiger partial charge in [-0.3, -0.25) is 4.79 Å². The zero-order valence-corrected chi connectivity index (χ0v) is 13.6. The van der Waals surface area contributed by atoms with Crippen LogP contribution in [0.4, 0.5) is 8.78 Å². The first-order valence-corrected chi connectivity index (χ1v) is 7.59. The molecule has 6 heteroatoms. The van der Waals surface area contributed by atoms with Crippen molar-refractivity contribution in [3.8, 4) is 0 Å². The highest BCUT2D eigenvalue weighted by molar-refractivity contribution is 5.92. The van der Waals surface area contributed by atoms with E-state index in [-0.39, 0.29) is 17.4 Å². The molecule has 2 aromatic carbocycles. The van der Waals surface area contributed by atoms with Crippen LogP contribution in [0, 0.1) is 25.5 Å². The Morgan fingerprint density at radius 3 is 2.40 bits per heavy atom. The topological polar surface area (TPSA) is 59.3 Å². The van der Waals surface area contributed by atoms with Gasteiger partial charge in [0, 0.05) is 24.2 Å². The van der Waals surface area contributed by atoms with Crippen molar-refractivity contribution in [2.45, 2.75) is 20.4 Å². The van der Waals surface area contributed by atoms with E-state index < -0.39 is 28.6 Å². The number of halogens is 2. The normalized spacial score (nSPS) is 11.0. The van der Waals surface area contributed by atoms with Gasteiger partial charge in [-0.25, -0.2) is 13.6 Å². The largest absolute Gasteiger partial charge is 0.477 e. The van der Waals surface area contributed by atoms with E-state index >= 15 is 0 Å². The summed E-state index contributed by atoms with van der Waals surface area (Å²) in [6.45, 7) is 4.14. The summed E-state index contributed by atoms with van der Waals surface area (Å²) in [5.74, 6) is -3.70. The molecule has 0 amide bonds. The maximum absolute atomic E-state index is 13.7. The number of aromatic nitrogens is 1. The molecule has 0 saturated heterocycles. The summed E-state index contributed by atoms with van der Waals surface area (Å²) in [4.78, 5) is 23.6. The van der Waals surface area contributed by atoms with Gasteiger partial charge in [-0.1, -0.05) is 18.2 Å². The van der Waals surface area contributed by atoms with Crippen LogP contribution < -0.4 is 5.43 Å². The number of carboxylic acid groups (broad SMARTS) is 1. The lowest BCUT2D eigenvalue weighted by molar-refractivity contribution is 0.0695. The smallest absolute Gasteiger partial charge is 0.341 e. The summed E-state index contributed by atoms with van der Waals surface area (Å²) in [5.41, 5.74) is 1.84. The number of benzene rings is 2. The Balaban J connectivity index is 2.27. The summed E-state index contributed by atoms with van der Waals surface area (Å²) >= 11 is 0. The fourth-order valence-electron chi connectivity index (χ4n) is 2.77. The molecule has 3 aromatic rings. The highest BCUT2D eigenvalue weighted by Crippen LogP contribution is 2.19. The van der Waals surface area contributed by atoms with Gasteiger partial charge in [-0.2, -0.15) is 0 Å². The van der Waals surface area contributed by atoms with Crippen LogP contribution in [0.25, 0.3) is 10.9 Å². The minimum atomic E-state index is -1.41. The first kappa shape index (κ1) is 16.8. The van der Waals surface area contributed by atoms with Gasteiger partial charge >= 0.3 is 5.97 Å². The molecule has 0 aliphatic heterocycles. The molecule has 0 bridgehead atoms. The van der Waals surface area contributed by atoms with Crippen molar-refractivity contribution in [2.75, 3.05) is 0 Å². The Morgan fingerprint density at radius 2 is 1.76 bits per heavy atom. The average molecular weight is 343 g/mol. The molecular weight excluding hydrogens is 328 g/mol. The number of aryl methyl sites for hydroxylation is 2. The highest BCUT2D eigenvalue weighted by Gasteiger charge is 2.17. The Morgan fingerprint density at radius 1 is 1.08 bits per heavy atom. The quantitative estimate of drug-likeness (QED) is 0.790. The van der Waals surface area contributed by atoms with Crippen molar-refractivity contribution in [3.63, 3.8) is 0 Å². The molecule has 0 fully saturated rings. The van der Waals surface area contributed by atoms with Gasteiger partial charge in [0.2, 0.25) is 5.43 Å². The number of hydrogen-bond acceptors (Lipinski definition) is 2. The number of carbonyl (C=O) groups is 1. The molecule has 25 heavy (non-hydrogen) atoms. The van der Waals surface area contributed by atoms with Crippen LogP contribution in [0.2, 0.25) is 0 Å². The van der Waals surface area contributed by atoms with Crippen molar-refractivity contribution in [1.82, 2.24) is 4.57 Å². The molecule has 1 N–H and O–H groups in total. The maximum atomic E-state index is 13.7. The molecule has 0 aliphatic carbocycles. The number of pyridine rings is 1. The second-order valence-electron chi connectivity index (χ2n) is 6.01. The number of hydrogen-bond donors (Lipinski definition) is 1. The molecule has 0 saturated carbocycles. The van der Waals surface area contributed by atoms with Crippen LogP contribution in [-0.4, -0.2) is 15.6 Å². The molecule has 1 aromatic heterocycles. The summed E-state index contributed by atoms with van der Waals surface area (Å²) in [5, 5.41) is 9.07. The maximum Gasteiger partial charge on any atom is 0.341 e. The van der Waals surface area contributed by atoms with E-state index in [9.17, 15) is 23.5 Å². The fraction of sp³-hybridized carbons (Fsp3) is 0.158. The van der Waals surface area contributed by atoms with Crippen molar-refractivity contribution in [3.05, 3.63) is 80.6 Å². The third-order valence-electron chi connectivity index (χ3n) is 4.28. The standard InChI is InChI=1S/C19H15F2NO3/c1-10-3-4-12(5-11(10)2)8-22-9-14(19(24)25)18(23)13-6-15(20)16(21)7-17(13)22/h3-7,9H,8H2,1-2H3,(H,24,25). The second kappa shape index (κ2) is 6.12. The number of rotatable bonds is 3. The molecule has 1 heterocycles. The van der Waals surface area contributed by atoms with E-state index in [2.05, 4.69) is 0 Å². The predicted octanol–water partition coefficient (Wildman–Crippen LogP) is 3.64. The van der Waals surface area contributed by atoms with Gasteiger partial charge in [0.05, 0.1) is 5.52 Å². The first-order chi connectivity index (χ1) is 11.8. The molecule has 128 valence electrons. The number of carboxylic acids is 1. The van der Waals surface area contributed by atoms with Crippen molar-refractivity contribution in [1.29, 1.82) is 0 Å². The first-order valence-electron chi connectivity index (χ1n) is 7.59. The molecule has 0 radical (unpaired) electrons. The Kier molecular flexibility index (Phi) is 4.12. The molecule has 0 atom stereocenters. The predicted molar refractivity (Wildman–Crippen MR) is 90.1 cm³/mol. The number of nitrogens with zero attached hydrogens (tertiary/aromatic N) is 1. The molecule has 3 rings (SSSR count). The molecule has 0 aliphatic rings. The third-order valence-corrected chi connectivity index (χ3v) is 4.28. The monoisotopic (exact) mass is 343 g/mol. The number of fused-ring (bicyclic) bond motifs is 1. The van der Waals surface area contributed by atoms with Crippen LogP contribution in [0.3, 0.4) is 0 Å². The summed E-state index contributed by atoms with van der Waals surface area (Å²) in [7, 11) is 0. The van der Waals surface area contributed by atoms with Crippen LogP contribution in [0.5, 0.6) is 0 Å². The SMILES string of the molecule is Cc1ccc(Cn2cc(C(=O)O)c(=O)c3cc(F)c(F)cc32)cc1C. The summed E-state index contributed by atoms with van der Waals surface area (Å²) in [6, 6.07) is 7.38. The van der Waals surface area contributed by atoms with Crippen LogP contribution in [0.15, 0.2) is 41.3 Å². The lowest BCUT2D eigenvalue weighted by Crippen LogP contribution is -2.19. The zero-order chi connectivity index (χ0) is 18.3. The van der Waals surface area contributed by atoms with Gasteiger partial charge in [-0.15, -0.1) is 0 Å². The van der Waals surface area contributed by atoms with Crippen molar-refractivity contribution >= 4 is 16.9 Å². The van der Waals surface area contributed by atoms with Gasteiger partial charge in [-0.05, 0) is 36.6 Å². The van der Waals surface area contributed by atoms with Crippen molar-refractivity contribution in [2.24, 2.45) is 0 Å². The van der Waals surface area contributed by atoms with Gasteiger partial charge in [0.25, 0.3) is 0 Å². The van der Waals surface area contributed by atoms with Gasteiger partial charge in [0.1, 0.15) is 5.56 Å². The minimum Gasteiger partial charge on any atom is -0.477 e. The Labute approximate surface area is 142 Å². The summed E-state index contributed by atoms with van der Waals surface area (Å²) in [6.07, 6.45) is 1.17. The fourth-order valence-corrected chi connectivity index (χ4v) is 2.77. The lowest BCUT2D eigenvalue weighted by Gasteiger charge is -2.14. The van der Waals surface area contributed by atoms with E-state index in [0.717, 1.165) is 28.8 Å². The van der Waals surface area contributed by atoms with E-state index in [1.807, 2.05) is 32.0 Å². The van der Waals surface area contributed by atoms with Crippen LogP contribution >= 0.6 is 0 Å². The van der Waals surface area contributed by atoms with Crippen LogP contribution in [-0.2, 0) is 6.54 Å². The van der Waals surface area contributed by atoms with E-state index in [1.54, 1.807) is 0 Å². The van der Waals surface area contributed by atoms with E-state index in [0.29, 0.717) is 0 Å². The summed E-state index contributed by atoms with van der Waals surface area (Å²) < 4.78 is 28.7. The molecule has 4 nitrogen and oxygen atoms in total. The van der Waals surface area contributed by atoms with Gasteiger partial charge < -0.3 is 9.67 Å². The lowest BCUT2D eigenvalue weighted by atomic mass is 10.1. The van der Waals surface area contributed by atoms with E-state index in [4.69, 9.17) is 0 Å². The van der Waals surface area contributed by atoms with E-state index in [1.165, 1.54) is 10.8 Å². The average Bonchev–Trinajstić information content (AvgIpc) is 2.55. The second-order valence-corrected chi connectivity index (χ2v) is 6.01. The molecular formula is C19H15F2NO3. The van der Waals surface area contributed by atoms with Crippen LogP contribution in [0.1, 0.15) is 27.0 Å². The Hall–Kier alpha value is -3.02. The number of aromatic carboxylic acids is 1. The van der Waals surface area contributed by atoms with Crippen molar-refractivity contribution < 1.29 is 18.7 Å². The molecule has 0 spiro atoms. The molecule has 0 unspecified atom stereocenters. The Bertz CT molecular complexity index is 1070. The zero-order valence-electron chi connectivity index (χ0n) is 13.6.